The van der Waals surface area contributed by atoms with E-state index >= 15 is 0 Å². The van der Waals surface area contributed by atoms with Crippen LogP contribution in [0.3, 0.4) is 0 Å². The first-order chi connectivity index (χ1) is 16.4. The van der Waals surface area contributed by atoms with Crippen LogP contribution >= 0.6 is 0 Å². The SMILES string of the molecule is Cc1c(-c2ccc(NC(=O)c3ccc4ccccc4n3)cc2)c2cc(F)ccc2n1CC(=O)O. The molecule has 2 heterocycles. The van der Waals surface area contributed by atoms with Crippen molar-refractivity contribution in [2.45, 2.75) is 13.5 Å². The summed E-state index contributed by atoms with van der Waals surface area (Å²) in [6.45, 7) is 1.60. The van der Waals surface area contributed by atoms with Crippen LogP contribution in [0.15, 0.2) is 78.9 Å². The molecule has 0 radical (unpaired) electrons. The number of nitrogens with zero attached hydrogens (tertiary/aromatic N) is 2. The first-order valence-electron chi connectivity index (χ1n) is 10.7. The highest BCUT2D eigenvalue weighted by Crippen LogP contribution is 2.35. The second-order valence-corrected chi connectivity index (χ2v) is 8.02. The highest BCUT2D eigenvalue weighted by Gasteiger charge is 2.18. The van der Waals surface area contributed by atoms with E-state index in [2.05, 4.69) is 10.3 Å². The molecule has 3 aromatic carbocycles. The Morgan fingerprint density at radius 2 is 1.76 bits per heavy atom. The Morgan fingerprint density at radius 1 is 1.00 bits per heavy atom. The monoisotopic (exact) mass is 453 g/mol. The summed E-state index contributed by atoms with van der Waals surface area (Å²) in [4.78, 5) is 28.5. The van der Waals surface area contributed by atoms with Gasteiger partial charge in [-0.3, -0.25) is 9.59 Å². The topological polar surface area (TPSA) is 84.2 Å². The molecule has 5 aromatic rings. The lowest BCUT2D eigenvalue weighted by Crippen LogP contribution is -2.13. The number of anilines is 1. The number of amides is 1. The average molecular weight is 453 g/mol. The zero-order valence-corrected chi connectivity index (χ0v) is 18.2. The summed E-state index contributed by atoms with van der Waals surface area (Å²) in [5, 5.41) is 13.8. The molecule has 34 heavy (non-hydrogen) atoms. The van der Waals surface area contributed by atoms with Crippen LogP contribution in [-0.4, -0.2) is 26.5 Å². The van der Waals surface area contributed by atoms with Gasteiger partial charge in [-0.05, 0) is 55.0 Å². The van der Waals surface area contributed by atoms with Crippen LogP contribution in [0.4, 0.5) is 10.1 Å². The number of carbonyl (C=O) groups is 2. The molecule has 0 spiro atoms. The van der Waals surface area contributed by atoms with Crippen molar-refractivity contribution >= 4 is 39.4 Å². The van der Waals surface area contributed by atoms with Crippen molar-refractivity contribution in [2.24, 2.45) is 0 Å². The number of nitrogens with one attached hydrogen (secondary N) is 1. The second kappa shape index (κ2) is 8.44. The fourth-order valence-electron chi connectivity index (χ4n) is 4.27. The Kier molecular flexibility index (Phi) is 5.30. The highest BCUT2D eigenvalue weighted by atomic mass is 19.1. The zero-order valence-electron chi connectivity index (χ0n) is 18.2. The van der Waals surface area contributed by atoms with E-state index < -0.39 is 11.8 Å². The predicted octanol–water partition coefficient (Wildman–Crippen LogP) is 5.64. The van der Waals surface area contributed by atoms with Crippen molar-refractivity contribution in [3.8, 4) is 11.1 Å². The molecule has 7 heteroatoms. The van der Waals surface area contributed by atoms with Gasteiger partial charge in [-0.15, -0.1) is 0 Å². The van der Waals surface area contributed by atoms with Crippen LogP contribution in [0, 0.1) is 12.7 Å². The fourth-order valence-corrected chi connectivity index (χ4v) is 4.27. The summed E-state index contributed by atoms with van der Waals surface area (Å²) in [5.41, 5.74) is 4.55. The first kappa shape index (κ1) is 21.3. The summed E-state index contributed by atoms with van der Waals surface area (Å²) in [6, 6.07) is 22.6. The fraction of sp³-hybridized carbons (Fsp3) is 0.0741. The van der Waals surface area contributed by atoms with Gasteiger partial charge in [0.2, 0.25) is 0 Å². The van der Waals surface area contributed by atoms with Gasteiger partial charge in [0.05, 0.1) is 5.52 Å². The van der Waals surface area contributed by atoms with Crippen LogP contribution in [-0.2, 0) is 11.3 Å². The quantitative estimate of drug-likeness (QED) is 0.361. The number of hydrogen-bond donors (Lipinski definition) is 2. The maximum Gasteiger partial charge on any atom is 0.323 e. The Hall–Kier alpha value is -4.52. The normalized spacial score (nSPS) is 11.1. The van der Waals surface area contributed by atoms with Gasteiger partial charge in [-0.2, -0.15) is 0 Å². The summed E-state index contributed by atoms with van der Waals surface area (Å²) < 4.78 is 15.7. The van der Waals surface area contributed by atoms with E-state index in [1.54, 1.807) is 28.8 Å². The number of carboxylic acid groups (broad SMARTS) is 1. The molecule has 5 rings (SSSR count). The molecule has 0 aliphatic rings. The molecule has 1 amide bonds. The Morgan fingerprint density at radius 3 is 2.53 bits per heavy atom. The molecule has 0 atom stereocenters. The minimum Gasteiger partial charge on any atom is -0.480 e. The molecule has 0 unspecified atom stereocenters. The van der Waals surface area contributed by atoms with Gasteiger partial charge in [0.1, 0.15) is 18.1 Å². The van der Waals surface area contributed by atoms with E-state index in [-0.39, 0.29) is 12.5 Å². The van der Waals surface area contributed by atoms with Crippen LogP contribution < -0.4 is 5.32 Å². The molecule has 0 bridgehead atoms. The predicted molar refractivity (Wildman–Crippen MR) is 129 cm³/mol. The van der Waals surface area contributed by atoms with Crippen LogP contribution in [0.2, 0.25) is 0 Å². The molecule has 0 saturated heterocycles. The van der Waals surface area contributed by atoms with Crippen LogP contribution in [0.5, 0.6) is 0 Å². The number of carbonyl (C=O) groups excluding carboxylic acids is 1. The maximum absolute atomic E-state index is 14.0. The van der Waals surface area contributed by atoms with Gasteiger partial charge in [0, 0.05) is 33.2 Å². The molecule has 2 N–H and O–H groups in total. The van der Waals surface area contributed by atoms with Gasteiger partial charge in [-0.1, -0.05) is 36.4 Å². The second-order valence-electron chi connectivity index (χ2n) is 8.02. The van der Waals surface area contributed by atoms with Crippen molar-refractivity contribution in [1.82, 2.24) is 9.55 Å². The number of benzene rings is 3. The van der Waals surface area contributed by atoms with Crippen molar-refractivity contribution in [3.05, 3.63) is 96.1 Å². The standard InChI is InChI=1S/C27H20FN3O3/c1-16-26(21-14-19(28)9-13-24(21)31(16)15-25(32)33)18-6-10-20(11-7-18)29-27(34)23-12-8-17-4-2-3-5-22(17)30-23/h2-14H,15H2,1H3,(H,29,34)(H,32,33). The lowest BCUT2D eigenvalue weighted by molar-refractivity contribution is -0.137. The minimum atomic E-state index is -0.976. The number of halogens is 1. The summed E-state index contributed by atoms with van der Waals surface area (Å²) in [6.07, 6.45) is 0. The number of pyridine rings is 1. The van der Waals surface area contributed by atoms with Crippen molar-refractivity contribution in [2.75, 3.05) is 5.32 Å². The molecule has 0 fully saturated rings. The van der Waals surface area contributed by atoms with Crippen LogP contribution in [0.25, 0.3) is 32.9 Å². The van der Waals surface area contributed by atoms with Gasteiger partial charge in [-0.25, -0.2) is 9.37 Å². The maximum atomic E-state index is 14.0. The molecular weight excluding hydrogens is 433 g/mol. The molecule has 0 aliphatic carbocycles. The number of hydrogen-bond acceptors (Lipinski definition) is 3. The number of carboxylic acids is 1. The molecular formula is C27H20FN3O3. The van der Waals surface area contributed by atoms with Crippen molar-refractivity contribution in [3.63, 3.8) is 0 Å². The molecule has 168 valence electrons. The Labute approximate surface area is 194 Å². The Bertz CT molecular complexity index is 1570. The third-order valence-corrected chi connectivity index (χ3v) is 5.84. The summed E-state index contributed by atoms with van der Waals surface area (Å²) >= 11 is 0. The van der Waals surface area contributed by atoms with E-state index in [0.29, 0.717) is 22.3 Å². The number of para-hydroxylation sites is 1. The summed E-state index contributed by atoms with van der Waals surface area (Å²) in [7, 11) is 0. The Balaban J connectivity index is 1.46. The van der Waals surface area contributed by atoms with Gasteiger partial charge < -0.3 is 15.0 Å². The zero-order chi connectivity index (χ0) is 23.8. The lowest BCUT2D eigenvalue weighted by atomic mass is 10.0. The molecule has 0 aliphatic heterocycles. The highest BCUT2D eigenvalue weighted by molar-refractivity contribution is 6.04. The smallest absolute Gasteiger partial charge is 0.323 e. The largest absolute Gasteiger partial charge is 0.480 e. The number of rotatable bonds is 5. The number of fused-ring (bicyclic) bond motifs is 2. The number of aromatic nitrogens is 2. The van der Waals surface area contributed by atoms with Gasteiger partial charge >= 0.3 is 5.97 Å². The van der Waals surface area contributed by atoms with E-state index in [4.69, 9.17) is 0 Å². The minimum absolute atomic E-state index is 0.221. The summed E-state index contributed by atoms with van der Waals surface area (Å²) in [5.74, 6) is -1.70. The van der Waals surface area contributed by atoms with Crippen molar-refractivity contribution < 1.29 is 19.1 Å². The van der Waals surface area contributed by atoms with Crippen LogP contribution in [0.1, 0.15) is 16.2 Å². The number of aliphatic carboxylic acids is 1. The lowest BCUT2D eigenvalue weighted by Gasteiger charge is -2.08. The average Bonchev–Trinajstić information content (AvgIpc) is 3.09. The van der Waals surface area contributed by atoms with E-state index in [0.717, 1.165) is 27.7 Å². The van der Waals surface area contributed by atoms with Crippen molar-refractivity contribution in [1.29, 1.82) is 0 Å². The molecule has 6 nitrogen and oxygen atoms in total. The first-order valence-corrected chi connectivity index (χ1v) is 10.7. The van der Waals surface area contributed by atoms with Gasteiger partial charge in [0.25, 0.3) is 5.91 Å². The van der Waals surface area contributed by atoms with E-state index in [1.807, 2.05) is 49.4 Å². The third-order valence-electron chi connectivity index (χ3n) is 5.84. The molecule has 0 saturated carbocycles. The van der Waals surface area contributed by atoms with E-state index in [1.165, 1.54) is 12.1 Å². The van der Waals surface area contributed by atoms with E-state index in [9.17, 15) is 19.1 Å². The third kappa shape index (κ3) is 3.88. The molecule has 2 aromatic heterocycles. The van der Waals surface area contributed by atoms with Gasteiger partial charge in [0.15, 0.2) is 0 Å².